The Kier molecular flexibility index (Phi) is 6.88. The summed E-state index contributed by atoms with van der Waals surface area (Å²) in [6.07, 6.45) is 5.24. The van der Waals surface area contributed by atoms with Crippen LogP contribution in [0.5, 0.6) is 0 Å². The third kappa shape index (κ3) is 4.85. The zero-order chi connectivity index (χ0) is 27.0. The number of aryl methyl sites for hydroxylation is 1. The predicted molar refractivity (Wildman–Crippen MR) is 146 cm³/mol. The molecular formula is C28H32N6O4. The van der Waals surface area contributed by atoms with Crippen molar-refractivity contribution in [3.63, 3.8) is 0 Å². The van der Waals surface area contributed by atoms with Gasteiger partial charge in [0.2, 0.25) is 11.7 Å². The highest BCUT2D eigenvalue weighted by molar-refractivity contribution is 5.98. The number of nitrogens with one attached hydrogen (secondary N) is 2. The second kappa shape index (κ2) is 10.3. The summed E-state index contributed by atoms with van der Waals surface area (Å²) in [7, 11) is 0. The topological polar surface area (TPSA) is 120 Å². The van der Waals surface area contributed by atoms with Gasteiger partial charge in [-0.25, -0.2) is 13.9 Å². The molecule has 38 heavy (non-hydrogen) atoms. The third-order valence-electron chi connectivity index (χ3n) is 7.04. The molecule has 1 fully saturated rings. The van der Waals surface area contributed by atoms with E-state index >= 15 is 0 Å². The lowest BCUT2D eigenvalue weighted by Crippen LogP contribution is -2.36. The van der Waals surface area contributed by atoms with Crippen molar-refractivity contribution in [2.75, 3.05) is 5.32 Å². The van der Waals surface area contributed by atoms with Gasteiger partial charge in [0.15, 0.2) is 0 Å². The molecule has 5 rings (SSSR count). The summed E-state index contributed by atoms with van der Waals surface area (Å²) in [5.74, 6) is -0.537. The number of nitrogens with zero attached hydrogens (tertiary/aromatic N) is 4. The molecule has 2 aromatic heterocycles. The van der Waals surface area contributed by atoms with E-state index in [1.807, 2.05) is 39.0 Å². The second-order valence-corrected chi connectivity index (χ2v) is 10.3. The van der Waals surface area contributed by atoms with Crippen LogP contribution in [0.15, 0.2) is 52.1 Å². The van der Waals surface area contributed by atoms with Crippen molar-refractivity contribution in [3.8, 4) is 0 Å². The van der Waals surface area contributed by atoms with Gasteiger partial charge >= 0.3 is 5.69 Å². The maximum absolute atomic E-state index is 13.5. The zero-order valence-corrected chi connectivity index (χ0v) is 21.9. The number of rotatable bonds is 6. The van der Waals surface area contributed by atoms with Gasteiger partial charge in [0.05, 0.1) is 10.9 Å². The molecule has 2 aromatic carbocycles. The number of benzene rings is 2. The van der Waals surface area contributed by atoms with Crippen LogP contribution in [-0.4, -0.2) is 36.6 Å². The molecule has 0 radical (unpaired) electrons. The van der Waals surface area contributed by atoms with E-state index in [2.05, 4.69) is 15.7 Å². The summed E-state index contributed by atoms with van der Waals surface area (Å²) in [4.78, 5) is 52.7. The molecule has 0 bridgehead atoms. The van der Waals surface area contributed by atoms with Crippen LogP contribution in [0, 0.1) is 6.92 Å². The van der Waals surface area contributed by atoms with Crippen molar-refractivity contribution in [1.82, 2.24) is 24.1 Å². The van der Waals surface area contributed by atoms with E-state index in [0.29, 0.717) is 16.6 Å². The van der Waals surface area contributed by atoms with Crippen LogP contribution in [0.4, 0.5) is 5.69 Å². The number of fused-ring (bicyclic) bond motifs is 3. The molecule has 0 saturated heterocycles. The molecule has 1 aliphatic rings. The quantitative estimate of drug-likeness (QED) is 0.407. The lowest BCUT2D eigenvalue weighted by Gasteiger charge is -2.22. The summed E-state index contributed by atoms with van der Waals surface area (Å²) in [6.45, 7) is 5.24. The molecule has 0 spiro atoms. The molecule has 198 valence electrons. The first-order chi connectivity index (χ1) is 18.2. The first kappa shape index (κ1) is 25.4. The van der Waals surface area contributed by atoms with Crippen molar-refractivity contribution in [2.45, 2.75) is 71.5 Å². The average Bonchev–Trinajstić information content (AvgIpc) is 3.19. The third-order valence-corrected chi connectivity index (χ3v) is 7.04. The molecule has 2 heterocycles. The van der Waals surface area contributed by atoms with E-state index in [0.717, 1.165) is 35.9 Å². The Morgan fingerprint density at radius 2 is 1.82 bits per heavy atom. The van der Waals surface area contributed by atoms with Crippen molar-refractivity contribution in [2.24, 2.45) is 0 Å². The number of hydrogen-bond donors (Lipinski definition) is 2. The standard InChI is InChI=1S/C28H32N6O4/c1-17(2)33-26(37)22-13-12-19(25(36)30-20-9-5-4-6-10-20)15-23(22)34-27(33)31-32(28(34)38)16-24(35)29-21-11-7-8-18(3)14-21/h7-8,11-15,17,20H,4-6,9-10,16H2,1-3H3,(H,29,35)(H,30,36). The number of aromatic nitrogens is 4. The Bertz CT molecular complexity index is 1660. The van der Waals surface area contributed by atoms with Gasteiger partial charge in [-0.3, -0.25) is 19.0 Å². The van der Waals surface area contributed by atoms with Crippen LogP contribution >= 0.6 is 0 Å². The predicted octanol–water partition coefficient (Wildman–Crippen LogP) is 3.40. The average molecular weight is 517 g/mol. The van der Waals surface area contributed by atoms with E-state index in [1.54, 1.807) is 24.3 Å². The minimum atomic E-state index is -0.566. The maximum atomic E-state index is 13.5. The summed E-state index contributed by atoms with van der Waals surface area (Å²) >= 11 is 0. The van der Waals surface area contributed by atoms with Gasteiger partial charge in [-0.05, 0) is 69.5 Å². The lowest BCUT2D eigenvalue weighted by atomic mass is 9.95. The maximum Gasteiger partial charge on any atom is 0.352 e. The van der Waals surface area contributed by atoms with E-state index in [9.17, 15) is 19.2 Å². The molecule has 1 saturated carbocycles. The van der Waals surface area contributed by atoms with Crippen LogP contribution in [0.3, 0.4) is 0 Å². The monoisotopic (exact) mass is 516 g/mol. The molecule has 0 atom stereocenters. The van der Waals surface area contributed by atoms with Crippen LogP contribution in [0.2, 0.25) is 0 Å². The molecule has 2 N–H and O–H groups in total. The summed E-state index contributed by atoms with van der Waals surface area (Å²) < 4.78 is 3.79. The number of carbonyl (C=O) groups is 2. The normalized spacial score (nSPS) is 14.3. The fraction of sp³-hybridized carbons (Fsp3) is 0.393. The molecule has 1 aliphatic carbocycles. The van der Waals surface area contributed by atoms with Gasteiger partial charge in [0.25, 0.3) is 11.5 Å². The highest BCUT2D eigenvalue weighted by Crippen LogP contribution is 2.20. The Balaban J connectivity index is 1.56. The SMILES string of the molecule is Cc1cccc(NC(=O)Cn2nc3n(C(C)C)c(=O)c4ccc(C(=O)NC5CCCCC5)cc4n3c2=O)c1. The smallest absolute Gasteiger partial charge is 0.349 e. The Morgan fingerprint density at radius 1 is 1.05 bits per heavy atom. The van der Waals surface area contributed by atoms with Crippen molar-refractivity contribution >= 4 is 34.2 Å². The molecular weight excluding hydrogens is 484 g/mol. The van der Waals surface area contributed by atoms with Crippen molar-refractivity contribution in [1.29, 1.82) is 0 Å². The van der Waals surface area contributed by atoms with E-state index < -0.39 is 11.6 Å². The number of anilines is 1. The number of carbonyl (C=O) groups excluding carboxylic acids is 2. The Morgan fingerprint density at radius 3 is 2.53 bits per heavy atom. The molecule has 10 heteroatoms. The fourth-order valence-electron chi connectivity index (χ4n) is 5.17. The number of amides is 2. The van der Waals surface area contributed by atoms with E-state index in [1.165, 1.54) is 15.4 Å². The molecule has 0 unspecified atom stereocenters. The first-order valence-electron chi connectivity index (χ1n) is 13.1. The summed E-state index contributed by atoms with van der Waals surface area (Å²) in [5.41, 5.74) is 1.37. The summed E-state index contributed by atoms with van der Waals surface area (Å²) in [5, 5.41) is 10.5. The van der Waals surface area contributed by atoms with Gasteiger partial charge in [-0.15, -0.1) is 5.10 Å². The van der Waals surface area contributed by atoms with Crippen LogP contribution in [0.25, 0.3) is 16.7 Å². The second-order valence-electron chi connectivity index (χ2n) is 10.3. The van der Waals surface area contributed by atoms with Gasteiger partial charge in [-0.1, -0.05) is 31.4 Å². The molecule has 2 amide bonds. The largest absolute Gasteiger partial charge is 0.352 e. The fourth-order valence-corrected chi connectivity index (χ4v) is 5.17. The van der Waals surface area contributed by atoms with Crippen LogP contribution in [-0.2, 0) is 11.3 Å². The first-order valence-corrected chi connectivity index (χ1v) is 13.1. The summed E-state index contributed by atoms with van der Waals surface area (Å²) in [6, 6.07) is 11.9. The van der Waals surface area contributed by atoms with Crippen molar-refractivity contribution < 1.29 is 9.59 Å². The van der Waals surface area contributed by atoms with Gasteiger partial charge in [0, 0.05) is 23.3 Å². The highest BCUT2D eigenvalue weighted by atomic mass is 16.2. The van der Waals surface area contributed by atoms with Gasteiger partial charge in [-0.2, -0.15) is 0 Å². The molecule has 0 aliphatic heterocycles. The molecule has 4 aromatic rings. The Hall–Kier alpha value is -4.21. The number of hydrogen-bond acceptors (Lipinski definition) is 5. The van der Waals surface area contributed by atoms with Crippen molar-refractivity contribution in [3.05, 3.63) is 74.4 Å². The van der Waals surface area contributed by atoms with Gasteiger partial charge in [0.1, 0.15) is 6.54 Å². The minimum absolute atomic E-state index is 0.121. The molecule has 10 nitrogen and oxygen atoms in total. The van der Waals surface area contributed by atoms with Crippen LogP contribution < -0.4 is 21.9 Å². The van der Waals surface area contributed by atoms with E-state index in [-0.39, 0.29) is 41.4 Å². The van der Waals surface area contributed by atoms with E-state index in [4.69, 9.17) is 0 Å². The lowest BCUT2D eigenvalue weighted by molar-refractivity contribution is -0.117. The van der Waals surface area contributed by atoms with Crippen LogP contribution in [0.1, 0.15) is 67.9 Å². The zero-order valence-electron chi connectivity index (χ0n) is 21.9. The minimum Gasteiger partial charge on any atom is -0.349 e. The Labute approximate surface area is 219 Å². The highest BCUT2D eigenvalue weighted by Gasteiger charge is 2.22. The van der Waals surface area contributed by atoms with Gasteiger partial charge < -0.3 is 10.6 Å².